The number of fused-ring (bicyclic) bond motifs is 1. The van der Waals surface area contributed by atoms with E-state index in [1.807, 2.05) is 52.9 Å². The van der Waals surface area contributed by atoms with Crippen molar-refractivity contribution in [2.45, 2.75) is 0 Å². The lowest BCUT2D eigenvalue weighted by atomic mass is 10.0. The number of hydrogen-bond donors (Lipinski definition) is 0. The fourth-order valence-corrected chi connectivity index (χ4v) is 2.75. The van der Waals surface area contributed by atoms with E-state index in [1.54, 1.807) is 6.07 Å². The third-order valence-electron chi connectivity index (χ3n) is 2.88. The number of halogens is 2. The van der Waals surface area contributed by atoms with Gasteiger partial charge >= 0.3 is 5.63 Å². The van der Waals surface area contributed by atoms with Gasteiger partial charge < -0.3 is 4.42 Å². The molecule has 0 aliphatic heterocycles. The van der Waals surface area contributed by atoms with E-state index >= 15 is 0 Å². The van der Waals surface area contributed by atoms with Crippen molar-refractivity contribution in [3.05, 3.63) is 68.3 Å². The van der Waals surface area contributed by atoms with Crippen LogP contribution >= 0.6 is 22.6 Å². The summed E-state index contributed by atoms with van der Waals surface area (Å²) in [6.07, 6.45) is 0. The van der Waals surface area contributed by atoms with Crippen LogP contribution in [0.1, 0.15) is 0 Å². The van der Waals surface area contributed by atoms with Crippen LogP contribution in [0.5, 0.6) is 0 Å². The highest BCUT2D eigenvalue weighted by molar-refractivity contribution is 14.1. The average molecular weight is 366 g/mol. The molecule has 0 bridgehead atoms. The molecule has 0 amide bonds. The molecular formula is C15H8FIO2. The van der Waals surface area contributed by atoms with Crippen LogP contribution < -0.4 is 5.63 Å². The zero-order chi connectivity index (χ0) is 13.4. The predicted molar refractivity (Wildman–Crippen MR) is 80.6 cm³/mol. The maximum absolute atomic E-state index is 13.2. The normalized spacial score (nSPS) is 10.8. The average Bonchev–Trinajstić information content (AvgIpc) is 2.41. The Bertz CT molecular complexity index is 809. The van der Waals surface area contributed by atoms with Crippen LogP contribution in [0, 0.1) is 9.39 Å². The molecule has 1 aromatic heterocycles. The molecule has 0 saturated heterocycles. The number of benzene rings is 2. The maximum atomic E-state index is 13.2. The van der Waals surface area contributed by atoms with Gasteiger partial charge in [0.05, 0.1) is 0 Å². The minimum Gasteiger partial charge on any atom is -0.422 e. The fourth-order valence-electron chi connectivity index (χ4n) is 2.04. The first-order chi connectivity index (χ1) is 9.16. The molecule has 0 aliphatic rings. The lowest BCUT2D eigenvalue weighted by Gasteiger charge is -2.08. The summed E-state index contributed by atoms with van der Waals surface area (Å²) in [5.74, 6) is -0.420. The van der Waals surface area contributed by atoms with Crippen molar-refractivity contribution in [3.63, 3.8) is 0 Å². The summed E-state index contributed by atoms with van der Waals surface area (Å²) in [6, 6.07) is 13.8. The molecule has 3 rings (SSSR count). The van der Waals surface area contributed by atoms with E-state index < -0.39 is 11.4 Å². The standard InChI is InChI=1S/C15H8FIO2/c16-10-6-7-11-12(8-10)19-15(18)14(17)13(11)9-4-2-1-3-5-9/h1-8H. The second-order valence-corrected chi connectivity index (χ2v) is 5.16. The SMILES string of the molecule is O=c1oc2cc(F)ccc2c(-c2ccccc2)c1I. The second-order valence-electron chi connectivity index (χ2n) is 4.09. The van der Waals surface area contributed by atoms with Crippen LogP contribution in [-0.4, -0.2) is 0 Å². The van der Waals surface area contributed by atoms with Crippen molar-refractivity contribution in [1.29, 1.82) is 0 Å². The van der Waals surface area contributed by atoms with E-state index in [2.05, 4.69) is 0 Å². The highest BCUT2D eigenvalue weighted by Crippen LogP contribution is 2.31. The molecule has 0 spiro atoms. The van der Waals surface area contributed by atoms with Gasteiger partial charge in [-0.2, -0.15) is 0 Å². The summed E-state index contributed by atoms with van der Waals surface area (Å²) >= 11 is 1.97. The Labute approximate surface area is 122 Å². The predicted octanol–water partition coefficient (Wildman–Crippen LogP) is 4.20. The molecule has 1 heterocycles. The molecule has 0 atom stereocenters. The second kappa shape index (κ2) is 4.77. The molecule has 0 N–H and O–H groups in total. The Kier molecular flexibility index (Phi) is 3.10. The molecule has 0 unspecified atom stereocenters. The first kappa shape index (κ1) is 12.3. The highest BCUT2D eigenvalue weighted by atomic mass is 127. The van der Waals surface area contributed by atoms with Gasteiger partial charge in [-0.15, -0.1) is 0 Å². The van der Waals surface area contributed by atoms with Gasteiger partial charge in [0.25, 0.3) is 0 Å². The van der Waals surface area contributed by atoms with E-state index in [-0.39, 0.29) is 5.58 Å². The van der Waals surface area contributed by atoms with Crippen LogP contribution in [0.4, 0.5) is 4.39 Å². The number of rotatable bonds is 1. The number of hydrogen-bond acceptors (Lipinski definition) is 2. The van der Waals surface area contributed by atoms with Crippen LogP contribution in [0.25, 0.3) is 22.1 Å². The van der Waals surface area contributed by atoms with Crippen LogP contribution in [0.15, 0.2) is 57.7 Å². The Morgan fingerprint density at radius 3 is 2.53 bits per heavy atom. The van der Waals surface area contributed by atoms with E-state index in [4.69, 9.17) is 4.42 Å². The summed E-state index contributed by atoms with van der Waals surface area (Å²) in [7, 11) is 0. The summed E-state index contributed by atoms with van der Waals surface area (Å²) in [5, 5.41) is 0.733. The fraction of sp³-hybridized carbons (Fsp3) is 0. The molecule has 4 heteroatoms. The van der Waals surface area contributed by atoms with Crippen molar-refractivity contribution < 1.29 is 8.81 Å². The first-order valence-electron chi connectivity index (χ1n) is 5.64. The van der Waals surface area contributed by atoms with Gasteiger partial charge in [0.2, 0.25) is 0 Å². The summed E-state index contributed by atoms with van der Waals surface area (Å²) < 4.78 is 18.9. The molecule has 0 aliphatic carbocycles. The monoisotopic (exact) mass is 366 g/mol. The van der Waals surface area contributed by atoms with E-state index in [0.29, 0.717) is 3.57 Å². The molecule has 94 valence electrons. The molecule has 2 aromatic carbocycles. The molecule has 2 nitrogen and oxygen atoms in total. The summed E-state index contributed by atoms with van der Waals surface area (Å²) in [5.41, 5.74) is 1.52. The van der Waals surface area contributed by atoms with Gasteiger partial charge in [-0.3, -0.25) is 0 Å². The molecule has 0 saturated carbocycles. The third kappa shape index (κ3) is 2.16. The van der Waals surface area contributed by atoms with Gasteiger partial charge in [0, 0.05) is 17.0 Å². The Hall–Kier alpha value is -1.69. The quantitative estimate of drug-likeness (QED) is 0.477. The maximum Gasteiger partial charge on any atom is 0.350 e. The van der Waals surface area contributed by atoms with Gasteiger partial charge in [-0.1, -0.05) is 30.3 Å². The lowest BCUT2D eigenvalue weighted by molar-refractivity contribution is 0.550. The van der Waals surface area contributed by atoms with Gasteiger partial charge in [0.1, 0.15) is 15.0 Å². The van der Waals surface area contributed by atoms with Crippen molar-refractivity contribution in [1.82, 2.24) is 0 Å². The molecular weight excluding hydrogens is 358 g/mol. The van der Waals surface area contributed by atoms with Crippen molar-refractivity contribution in [2.75, 3.05) is 0 Å². The Morgan fingerprint density at radius 2 is 1.79 bits per heavy atom. The van der Waals surface area contributed by atoms with Crippen molar-refractivity contribution >= 4 is 33.6 Å². The van der Waals surface area contributed by atoms with Crippen LogP contribution in [0.3, 0.4) is 0 Å². The highest BCUT2D eigenvalue weighted by Gasteiger charge is 2.14. The lowest BCUT2D eigenvalue weighted by Crippen LogP contribution is -2.05. The molecule has 3 aromatic rings. The summed E-state index contributed by atoms with van der Waals surface area (Å²) in [6.45, 7) is 0. The van der Waals surface area contributed by atoms with Crippen LogP contribution in [-0.2, 0) is 0 Å². The smallest absolute Gasteiger partial charge is 0.350 e. The Morgan fingerprint density at radius 1 is 1.05 bits per heavy atom. The zero-order valence-electron chi connectivity index (χ0n) is 9.69. The topological polar surface area (TPSA) is 30.2 Å². The Balaban J connectivity index is 2.46. The van der Waals surface area contributed by atoms with Crippen LogP contribution in [0.2, 0.25) is 0 Å². The van der Waals surface area contributed by atoms with E-state index in [9.17, 15) is 9.18 Å². The largest absolute Gasteiger partial charge is 0.422 e. The molecule has 0 radical (unpaired) electrons. The van der Waals surface area contributed by atoms with Gasteiger partial charge in [0.15, 0.2) is 0 Å². The van der Waals surface area contributed by atoms with E-state index in [1.165, 1.54) is 12.1 Å². The van der Waals surface area contributed by atoms with Gasteiger partial charge in [-0.25, -0.2) is 9.18 Å². The van der Waals surface area contributed by atoms with Gasteiger partial charge in [-0.05, 0) is 40.3 Å². The van der Waals surface area contributed by atoms with Crippen molar-refractivity contribution in [2.24, 2.45) is 0 Å². The minimum absolute atomic E-state index is 0.268. The zero-order valence-corrected chi connectivity index (χ0v) is 11.8. The van der Waals surface area contributed by atoms with E-state index in [0.717, 1.165) is 16.5 Å². The first-order valence-corrected chi connectivity index (χ1v) is 6.72. The molecule has 0 fully saturated rings. The third-order valence-corrected chi connectivity index (χ3v) is 3.86. The summed E-state index contributed by atoms with van der Waals surface area (Å²) in [4.78, 5) is 11.8. The molecule has 19 heavy (non-hydrogen) atoms. The minimum atomic E-state index is -0.447. The van der Waals surface area contributed by atoms with Crippen molar-refractivity contribution in [3.8, 4) is 11.1 Å².